The van der Waals surface area contributed by atoms with E-state index in [4.69, 9.17) is 9.84 Å². The second kappa shape index (κ2) is 10.9. The number of hydrogen-bond acceptors (Lipinski definition) is 5. The Hall–Kier alpha value is -4.14. The highest BCUT2D eigenvalue weighted by Crippen LogP contribution is 2.44. The first-order valence-corrected chi connectivity index (χ1v) is 11.6. The van der Waals surface area contributed by atoms with Gasteiger partial charge in [-0.1, -0.05) is 61.9 Å². The van der Waals surface area contributed by atoms with Crippen LogP contribution in [0.3, 0.4) is 0 Å². The zero-order chi connectivity index (χ0) is 24.8. The summed E-state index contributed by atoms with van der Waals surface area (Å²) in [4.78, 5) is 35.4. The minimum absolute atomic E-state index is 0.00670. The van der Waals surface area contributed by atoms with Gasteiger partial charge in [0.25, 0.3) is 0 Å². The molecule has 35 heavy (non-hydrogen) atoms. The van der Waals surface area contributed by atoms with Gasteiger partial charge in [-0.3, -0.25) is 19.6 Å². The summed E-state index contributed by atoms with van der Waals surface area (Å²) in [6, 6.07) is 16.2. The molecule has 1 atom stereocenters. The van der Waals surface area contributed by atoms with Crippen molar-refractivity contribution in [3.63, 3.8) is 0 Å². The lowest BCUT2D eigenvalue weighted by atomic mass is 9.98. The Morgan fingerprint density at radius 1 is 1.09 bits per heavy atom. The molecule has 182 valence electrons. The lowest BCUT2D eigenvalue weighted by Crippen LogP contribution is -2.32. The van der Waals surface area contributed by atoms with Crippen molar-refractivity contribution in [3.8, 4) is 11.1 Å². The number of hydrogen-bond donors (Lipinski definition) is 3. The molecular formula is C26H28N4O5. The van der Waals surface area contributed by atoms with Gasteiger partial charge in [-0.25, -0.2) is 4.79 Å². The first-order chi connectivity index (χ1) is 16.9. The summed E-state index contributed by atoms with van der Waals surface area (Å²) in [6.45, 7) is 2.32. The summed E-state index contributed by atoms with van der Waals surface area (Å²) in [7, 11) is 0. The third-order valence-electron chi connectivity index (χ3n) is 6.16. The quantitative estimate of drug-likeness (QED) is 0.408. The van der Waals surface area contributed by atoms with Gasteiger partial charge in [-0.2, -0.15) is 5.10 Å². The van der Waals surface area contributed by atoms with Crippen LogP contribution < -0.4 is 10.6 Å². The van der Waals surface area contributed by atoms with E-state index in [1.807, 2.05) is 31.2 Å². The van der Waals surface area contributed by atoms with E-state index in [9.17, 15) is 14.4 Å². The number of aromatic nitrogens is 2. The van der Waals surface area contributed by atoms with E-state index in [1.165, 1.54) is 17.1 Å². The van der Waals surface area contributed by atoms with Gasteiger partial charge in [-0.05, 0) is 28.2 Å². The molecule has 4 rings (SSSR count). The lowest BCUT2D eigenvalue weighted by molar-refractivity contribution is -0.138. The van der Waals surface area contributed by atoms with Gasteiger partial charge >= 0.3 is 12.1 Å². The maximum Gasteiger partial charge on any atom is 0.411 e. The van der Waals surface area contributed by atoms with Crippen molar-refractivity contribution in [1.82, 2.24) is 15.1 Å². The predicted molar refractivity (Wildman–Crippen MR) is 130 cm³/mol. The maximum absolute atomic E-state index is 12.4. The van der Waals surface area contributed by atoms with Crippen molar-refractivity contribution in [2.45, 2.75) is 32.2 Å². The largest absolute Gasteiger partial charge is 0.481 e. The number of rotatable bonds is 10. The highest BCUT2D eigenvalue weighted by Gasteiger charge is 2.29. The fourth-order valence-corrected chi connectivity index (χ4v) is 4.34. The Morgan fingerprint density at radius 2 is 1.74 bits per heavy atom. The Bertz CT molecular complexity index is 1180. The second-order valence-electron chi connectivity index (χ2n) is 8.55. The molecular weight excluding hydrogens is 448 g/mol. The van der Waals surface area contributed by atoms with Crippen LogP contribution in [0.5, 0.6) is 0 Å². The van der Waals surface area contributed by atoms with Crippen molar-refractivity contribution < 1.29 is 24.2 Å². The van der Waals surface area contributed by atoms with E-state index < -0.39 is 12.1 Å². The third-order valence-corrected chi connectivity index (χ3v) is 6.16. The Labute approximate surface area is 203 Å². The molecule has 9 heteroatoms. The summed E-state index contributed by atoms with van der Waals surface area (Å²) in [5.41, 5.74) is 4.99. The number of amides is 2. The number of nitrogens with zero attached hydrogens (tertiary/aromatic N) is 2. The van der Waals surface area contributed by atoms with E-state index in [1.54, 1.807) is 0 Å². The first-order valence-electron chi connectivity index (χ1n) is 11.6. The van der Waals surface area contributed by atoms with Crippen LogP contribution in [0.1, 0.15) is 36.8 Å². The number of ether oxygens (including phenoxy) is 1. The smallest absolute Gasteiger partial charge is 0.411 e. The van der Waals surface area contributed by atoms with Crippen LogP contribution in [0.25, 0.3) is 11.1 Å². The molecule has 2 amide bonds. The van der Waals surface area contributed by atoms with Crippen LogP contribution in [-0.2, 0) is 20.9 Å². The molecule has 1 aliphatic rings. The summed E-state index contributed by atoms with van der Waals surface area (Å²) in [5.74, 6) is -1.33. The van der Waals surface area contributed by atoms with Crippen LogP contribution >= 0.6 is 0 Å². The fourth-order valence-electron chi connectivity index (χ4n) is 4.34. The molecule has 2 aromatic carbocycles. The van der Waals surface area contributed by atoms with Crippen molar-refractivity contribution in [2.75, 3.05) is 18.5 Å². The SMILES string of the molecule is CCC(CNC(=O)Cn1cc(NC(=O)OCC2c3ccccc3-c3ccccc32)cn1)CC(=O)O. The molecule has 0 aliphatic heterocycles. The van der Waals surface area contributed by atoms with Crippen LogP contribution in [0.2, 0.25) is 0 Å². The second-order valence-corrected chi connectivity index (χ2v) is 8.55. The number of carboxylic acids is 1. The van der Waals surface area contributed by atoms with E-state index in [-0.39, 0.29) is 43.9 Å². The Kier molecular flexibility index (Phi) is 7.45. The van der Waals surface area contributed by atoms with Gasteiger partial charge in [0.2, 0.25) is 5.91 Å². The minimum Gasteiger partial charge on any atom is -0.481 e. The zero-order valence-electron chi connectivity index (χ0n) is 19.4. The minimum atomic E-state index is -0.887. The molecule has 0 saturated carbocycles. The van der Waals surface area contributed by atoms with Gasteiger partial charge < -0.3 is 15.2 Å². The third kappa shape index (κ3) is 5.87. The van der Waals surface area contributed by atoms with E-state index in [0.29, 0.717) is 12.1 Å². The monoisotopic (exact) mass is 476 g/mol. The number of anilines is 1. The average Bonchev–Trinajstić information content (AvgIpc) is 3.41. The van der Waals surface area contributed by atoms with Crippen LogP contribution in [0.15, 0.2) is 60.9 Å². The number of carbonyl (C=O) groups is 3. The number of nitrogens with one attached hydrogen (secondary N) is 2. The van der Waals surface area contributed by atoms with Gasteiger partial charge in [0.15, 0.2) is 0 Å². The van der Waals surface area contributed by atoms with Crippen molar-refractivity contribution in [3.05, 3.63) is 72.1 Å². The molecule has 0 bridgehead atoms. The van der Waals surface area contributed by atoms with E-state index >= 15 is 0 Å². The molecule has 9 nitrogen and oxygen atoms in total. The van der Waals surface area contributed by atoms with E-state index in [2.05, 4.69) is 40.0 Å². The van der Waals surface area contributed by atoms with Crippen LogP contribution in [0, 0.1) is 5.92 Å². The van der Waals surface area contributed by atoms with Gasteiger partial charge in [0, 0.05) is 25.1 Å². The topological polar surface area (TPSA) is 123 Å². The molecule has 1 heterocycles. The van der Waals surface area contributed by atoms with Gasteiger partial charge in [-0.15, -0.1) is 0 Å². The highest BCUT2D eigenvalue weighted by molar-refractivity contribution is 5.85. The summed E-state index contributed by atoms with van der Waals surface area (Å²) in [6.07, 6.45) is 3.04. The molecule has 1 aliphatic carbocycles. The molecule has 0 fully saturated rings. The van der Waals surface area contributed by atoms with Gasteiger partial charge in [0.05, 0.1) is 11.9 Å². The van der Waals surface area contributed by atoms with Crippen LogP contribution in [-0.4, -0.2) is 46.0 Å². The standard InChI is InChI=1S/C26H28N4O5/c1-2-17(11-25(32)33)12-27-24(31)15-30-14-18(13-28-30)29-26(34)35-16-23-21-9-5-3-7-19(21)20-8-4-6-10-22(20)23/h3-10,13-14,17,23H,2,11-12,15-16H2,1H3,(H,27,31)(H,29,34)(H,32,33). The lowest BCUT2D eigenvalue weighted by Gasteiger charge is -2.14. The van der Waals surface area contributed by atoms with Crippen molar-refractivity contribution in [2.24, 2.45) is 5.92 Å². The Morgan fingerprint density at radius 3 is 2.37 bits per heavy atom. The maximum atomic E-state index is 12.4. The number of benzene rings is 2. The summed E-state index contributed by atoms with van der Waals surface area (Å²) >= 11 is 0. The molecule has 1 unspecified atom stereocenters. The van der Waals surface area contributed by atoms with Crippen molar-refractivity contribution >= 4 is 23.7 Å². The number of carboxylic acid groups (broad SMARTS) is 1. The first kappa shape index (κ1) is 24.0. The van der Waals surface area contributed by atoms with Crippen LogP contribution in [0.4, 0.5) is 10.5 Å². The molecule has 0 saturated heterocycles. The summed E-state index contributed by atoms with van der Waals surface area (Å²) in [5, 5.41) is 18.4. The number of carbonyl (C=O) groups excluding carboxylic acids is 2. The van der Waals surface area contributed by atoms with E-state index in [0.717, 1.165) is 22.3 Å². The highest BCUT2D eigenvalue weighted by atomic mass is 16.5. The van der Waals surface area contributed by atoms with Crippen molar-refractivity contribution in [1.29, 1.82) is 0 Å². The predicted octanol–water partition coefficient (Wildman–Crippen LogP) is 3.86. The number of fused-ring (bicyclic) bond motifs is 3. The normalized spacial score (nSPS) is 12.9. The van der Waals surface area contributed by atoms with Gasteiger partial charge in [0.1, 0.15) is 13.2 Å². The molecule has 0 radical (unpaired) electrons. The molecule has 1 aromatic heterocycles. The molecule has 3 N–H and O–H groups in total. The summed E-state index contributed by atoms with van der Waals surface area (Å²) < 4.78 is 6.92. The molecule has 0 spiro atoms. The average molecular weight is 477 g/mol. The Balaban J connectivity index is 1.28. The zero-order valence-corrected chi connectivity index (χ0v) is 19.4. The molecule has 3 aromatic rings. The number of aliphatic carboxylic acids is 1. The fraction of sp³-hybridized carbons (Fsp3) is 0.308.